The third-order valence-corrected chi connectivity index (χ3v) is 3.36. The lowest BCUT2D eigenvalue weighted by Gasteiger charge is -2.14. The number of fused-ring (bicyclic) bond motifs is 1. The van der Waals surface area contributed by atoms with E-state index >= 15 is 0 Å². The lowest BCUT2D eigenvalue weighted by Crippen LogP contribution is -2.12. The molecule has 0 aliphatic carbocycles. The molecule has 0 fully saturated rings. The number of nitrogens with zero attached hydrogens (tertiary/aromatic N) is 6. The molecular formula is C12H14N6O. The van der Waals surface area contributed by atoms with Crippen LogP contribution >= 0.6 is 0 Å². The Bertz CT molecular complexity index is 608. The molecule has 2 aromatic heterocycles. The average Bonchev–Trinajstić information content (AvgIpc) is 2.90. The Morgan fingerprint density at radius 1 is 1.37 bits per heavy atom. The number of hydrogen-bond donors (Lipinski definition) is 0. The summed E-state index contributed by atoms with van der Waals surface area (Å²) in [4.78, 5) is 18.8. The highest BCUT2D eigenvalue weighted by molar-refractivity contribution is 5.64. The van der Waals surface area contributed by atoms with E-state index in [9.17, 15) is 4.91 Å². The van der Waals surface area contributed by atoms with E-state index in [0.29, 0.717) is 5.82 Å². The van der Waals surface area contributed by atoms with Gasteiger partial charge in [-0.25, -0.2) is 15.0 Å². The van der Waals surface area contributed by atoms with Crippen molar-refractivity contribution in [3.8, 4) is 11.3 Å². The first-order chi connectivity index (χ1) is 9.29. The molecule has 7 nitrogen and oxygen atoms in total. The van der Waals surface area contributed by atoms with Gasteiger partial charge in [-0.2, -0.15) is 5.10 Å². The van der Waals surface area contributed by atoms with E-state index in [4.69, 9.17) is 0 Å². The second kappa shape index (κ2) is 4.75. The largest absolute Gasteiger partial charge is 0.269 e. The van der Waals surface area contributed by atoms with Gasteiger partial charge in [0.05, 0.1) is 17.2 Å². The van der Waals surface area contributed by atoms with Gasteiger partial charge in [-0.05, 0) is 19.3 Å². The molecule has 0 bridgehead atoms. The minimum Gasteiger partial charge on any atom is -0.269 e. The summed E-state index contributed by atoms with van der Waals surface area (Å²) >= 11 is 0. The molecule has 0 spiro atoms. The van der Waals surface area contributed by atoms with E-state index in [0.717, 1.165) is 24.2 Å². The van der Waals surface area contributed by atoms with Crippen molar-refractivity contribution < 1.29 is 0 Å². The molecule has 7 heteroatoms. The van der Waals surface area contributed by atoms with Crippen LogP contribution in [0.25, 0.3) is 11.3 Å². The van der Waals surface area contributed by atoms with E-state index in [1.807, 2.05) is 10.9 Å². The Kier molecular flexibility index (Phi) is 2.94. The first-order valence-electron chi connectivity index (χ1n) is 6.23. The van der Waals surface area contributed by atoms with E-state index < -0.39 is 0 Å². The molecule has 0 unspecified atom stereocenters. The SMILES string of the molecule is CN(N=O)c1cc(-c2cnn3c2CCCC3)ncn1. The Morgan fingerprint density at radius 2 is 2.26 bits per heavy atom. The van der Waals surface area contributed by atoms with E-state index in [1.54, 1.807) is 13.1 Å². The molecule has 0 radical (unpaired) electrons. The van der Waals surface area contributed by atoms with Crippen LogP contribution in [0, 0.1) is 4.91 Å². The van der Waals surface area contributed by atoms with Gasteiger partial charge in [0, 0.05) is 30.9 Å². The molecule has 3 heterocycles. The van der Waals surface area contributed by atoms with Crippen LogP contribution in [0.3, 0.4) is 0 Å². The third-order valence-electron chi connectivity index (χ3n) is 3.36. The second-order valence-corrected chi connectivity index (χ2v) is 4.55. The zero-order valence-electron chi connectivity index (χ0n) is 10.7. The number of hydrogen-bond acceptors (Lipinski definition) is 5. The average molecular weight is 258 g/mol. The summed E-state index contributed by atoms with van der Waals surface area (Å²) in [6.07, 6.45) is 6.63. The van der Waals surface area contributed by atoms with E-state index in [-0.39, 0.29) is 0 Å². The summed E-state index contributed by atoms with van der Waals surface area (Å²) in [5, 5.41) is 8.41. The van der Waals surface area contributed by atoms with Gasteiger partial charge in [0.1, 0.15) is 6.33 Å². The zero-order valence-corrected chi connectivity index (χ0v) is 10.7. The lowest BCUT2D eigenvalue weighted by molar-refractivity contribution is 0.487. The lowest BCUT2D eigenvalue weighted by atomic mass is 10.0. The third kappa shape index (κ3) is 2.07. The number of aromatic nitrogens is 4. The van der Waals surface area contributed by atoms with Crippen molar-refractivity contribution in [1.29, 1.82) is 0 Å². The molecule has 3 rings (SSSR count). The van der Waals surface area contributed by atoms with E-state index in [2.05, 4.69) is 20.4 Å². The fourth-order valence-corrected chi connectivity index (χ4v) is 2.35. The molecule has 0 saturated heterocycles. The summed E-state index contributed by atoms with van der Waals surface area (Å²) in [5.41, 5.74) is 3.00. The van der Waals surface area contributed by atoms with Gasteiger partial charge in [0.25, 0.3) is 0 Å². The topological polar surface area (TPSA) is 76.3 Å². The highest BCUT2D eigenvalue weighted by atomic mass is 16.3. The monoisotopic (exact) mass is 258 g/mol. The number of nitroso groups, excluding NO2 is 1. The molecule has 1 aliphatic rings. The maximum Gasteiger partial charge on any atom is 0.155 e. The van der Waals surface area contributed by atoms with Crippen LogP contribution in [0.5, 0.6) is 0 Å². The van der Waals surface area contributed by atoms with Gasteiger partial charge >= 0.3 is 0 Å². The Balaban J connectivity index is 2.02. The van der Waals surface area contributed by atoms with Crippen LogP contribution in [0.1, 0.15) is 18.5 Å². The Morgan fingerprint density at radius 3 is 3.11 bits per heavy atom. The quantitative estimate of drug-likeness (QED) is 0.619. The number of aryl methyl sites for hydroxylation is 1. The number of anilines is 1. The van der Waals surface area contributed by atoms with Crippen molar-refractivity contribution in [2.75, 3.05) is 12.1 Å². The summed E-state index contributed by atoms with van der Waals surface area (Å²) < 4.78 is 2.03. The van der Waals surface area contributed by atoms with Crippen molar-refractivity contribution >= 4 is 5.82 Å². The van der Waals surface area contributed by atoms with Gasteiger partial charge in [-0.1, -0.05) is 0 Å². The van der Waals surface area contributed by atoms with Crippen LogP contribution in [0.4, 0.5) is 5.82 Å². The maximum atomic E-state index is 10.5. The first kappa shape index (κ1) is 11.8. The van der Waals surface area contributed by atoms with Crippen molar-refractivity contribution in [3.05, 3.63) is 29.2 Å². The highest BCUT2D eigenvalue weighted by Crippen LogP contribution is 2.27. The van der Waals surface area contributed by atoms with Gasteiger partial charge < -0.3 is 0 Å². The van der Waals surface area contributed by atoms with Crippen molar-refractivity contribution in [2.45, 2.75) is 25.8 Å². The normalized spacial score (nSPS) is 13.9. The van der Waals surface area contributed by atoms with Crippen molar-refractivity contribution in [2.24, 2.45) is 5.29 Å². The molecule has 98 valence electrons. The predicted octanol–water partition coefficient (Wildman–Crippen LogP) is 1.79. The fourth-order valence-electron chi connectivity index (χ4n) is 2.35. The first-order valence-corrected chi connectivity index (χ1v) is 6.23. The molecule has 1 aliphatic heterocycles. The van der Waals surface area contributed by atoms with Gasteiger partial charge in [0.2, 0.25) is 0 Å². The number of rotatable bonds is 3. The molecule has 0 aromatic carbocycles. The predicted molar refractivity (Wildman–Crippen MR) is 70.4 cm³/mol. The molecule has 0 atom stereocenters. The zero-order chi connectivity index (χ0) is 13.2. The summed E-state index contributed by atoms with van der Waals surface area (Å²) in [6.45, 7) is 0.961. The van der Waals surface area contributed by atoms with Gasteiger partial charge in [-0.15, -0.1) is 4.91 Å². The van der Waals surface area contributed by atoms with Crippen LogP contribution in [-0.2, 0) is 13.0 Å². The fraction of sp³-hybridized carbons (Fsp3) is 0.417. The van der Waals surface area contributed by atoms with Crippen molar-refractivity contribution in [3.63, 3.8) is 0 Å². The standard InChI is InChI=1S/C12H14N6O/c1-17(16-19)12-6-10(13-8-14-12)9-7-15-18-5-3-2-4-11(9)18/h6-8H,2-5H2,1H3. The minimum atomic E-state index is 0.482. The maximum absolute atomic E-state index is 10.5. The molecule has 0 saturated carbocycles. The van der Waals surface area contributed by atoms with Crippen molar-refractivity contribution in [1.82, 2.24) is 19.7 Å². The van der Waals surface area contributed by atoms with E-state index in [1.165, 1.54) is 29.9 Å². The van der Waals surface area contributed by atoms with Crippen LogP contribution in [-0.4, -0.2) is 26.8 Å². The summed E-state index contributed by atoms with van der Waals surface area (Å²) in [7, 11) is 1.56. The van der Waals surface area contributed by atoms with Crippen LogP contribution in [0.2, 0.25) is 0 Å². The summed E-state index contributed by atoms with van der Waals surface area (Å²) in [5.74, 6) is 0.482. The Labute approximate surface area is 110 Å². The second-order valence-electron chi connectivity index (χ2n) is 4.55. The highest BCUT2D eigenvalue weighted by Gasteiger charge is 2.17. The van der Waals surface area contributed by atoms with Crippen LogP contribution < -0.4 is 5.01 Å². The molecule has 0 N–H and O–H groups in total. The molecule has 2 aromatic rings. The van der Waals surface area contributed by atoms with Gasteiger partial charge in [-0.3, -0.25) is 4.68 Å². The molecule has 0 amide bonds. The minimum absolute atomic E-state index is 0.482. The Hall–Kier alpha value is -2.31. The van der Waals surface area contributed by atoms with Gasteiger partial charge in [0.15, 0.2) is 5.82 Å². The smallest absolute Gasteiger partial charge is 0.155 e. The molecular weight excluding hydrogens is 244 g/mol. The molecule has 19 heavy (non-hydrogen) atoms. The summed E-state index contributed by atoms with van der Waals surface area (Å²) in [6, 6.07) is 1.76. The van der Waals surface area contributed by atoms with Crippen LogP contribution in [0.15, 0.2) is 23.9 Å².